The number of ether oxygens (including phenoxy) is 1. The number of rotatable bonds is 6. The minimum absolute atomic E-state index is 0.257. The zero-order chi connectivity index (χ0) is 14.9. The number of aliphatic hydroxyl groups is 3. The molecule has 0 amide bonds. The van der Waals surface area contributed by atoms with Crippen molar-refractivity contribution in [1.29, 1.82) is 0 Å². The number of hydrogen-bond donors (Lipinski definition) is 3. The summed E-state index contributed by atoms with van der Waals surface area (Å²) in [5.41, 5.74) is -2.52. The predicted octanol–water partition coefficient (Wildman–Crippen LogP) is 1.77. The fraction of sp³-hybridized carbons (Fsp3) is 0.867. The Morgan fingerprint density at radius 3 is 2.42 bits per heavy atom. The second-order valence-electron chi connectivity index (χ2n) is 6.73. The van der Waals surface area contributed by atoms with Crippen molar-refractivity contribution in [3.8, 4) is 0 Å². The first-order chi connectivity index (χ1) is 8.50. The lowest BCUT2D eigenvalue weighted by molar-refractivity contribution is -0.155. The maximum Gasteiger partial charge on any atom is 0.0918 e. The molecule has 4 heteroatoms. The van der Waals surface area contributed by atoms with Crippen LogP contribution < -0.4 is 0 Å². The van der Waals surface area contributed by atoms with E-state index in [4.69, 9.17) is 4.74 Å². The van der Waals surface area contributed by atoms with Gasteiger partial charge in [-0.2, -0.15) is 0 Å². The Morgan fingerprint density at radius 2 is 2.00 bits per heavy atom. The largest absolute Gasteiger partial charge is 0.390 e. The SMILES string of the molecule is C=C[C@@](C)(O)CC[C@@H](O)[C@]1(C)CC[C@H](C(C)(C)O)O1. The van der Waals surface area contributed by atoms with E-state index in [2.05, 4.69) is 6.58 Å². The van der Waals surface area contributed by atoms with Gasteiger partial charge in [-0.3, -0.25) is 0 Å². The van der Waals surface area contributed by atoms with E-state index in [0.29, 0.717) is 19.3 Å². The van der Waals surface area contributed by atoms with Crippen LogP contribution in [-0.4, -0.2) is 44.3 Å². The van der Waals surface area contributed by atoms with Crippen molar-refractivity contribution in [3.05, 3.63) is 12.7 Å². The van der Waals surface area contributed by atoms with E-state index in [1.807, 2.05) is 6.92 Å². The van der Waals surface area contributed by atoms with Crippen molar-refractivity contribution in [2.24, 2.45) is 0 Å². The van der Waals surface area contributed by atoms with Crippen LogP contribution in [0.4, 0.5) is 0 Å². The van der Waals surface area contributed by atoms with Crippen LogP contribution in [0.2, 0.25) is 0 Å². The summed E-state index contributed by atoms with van der Waals surface area (Å²) in [4.78, 5) is 0. The Hall–Kier alpha value is -0.420. The maximum absolute atomic E-state index is 10.3. The summed E-state index contributed by atoms with van der Waals surface area (Å²) in [5, 5.41) is 30.1. The summed E-state index contributed by atoms with van der Waals surface area (Å²) < 4.78 is 5.87. The molecule has 4 atom stereocenters. The monoisotopic (exact) mass is 272 g/mol. The summed E-state index contributed by atoms with van der Waals surface area (Å²) in [7, 11) is 0. The van der Waals surface area contributed by atoms with E-state index in [1.54, 1.807) is 20.8 Å². The Labute approximate surface area is 116 Å². The van der Waals surface area contributed by atoms with Gasteiger partial charge in [-0.15, -0.1) is 6.58 Å². The van der Waals surface area contributed by atoms with Crippen molar-refractivity contribution in [3.63, 3.8) is 0 Å². The predicted molar refractivity (Wildman–Crippen MR) is 74.9 cm³/mol. The number of aliphatic hydroxyl groups excluding tert-OH is 1. The minimum atomic E-state index is -0.967. The summed E-state index contributed by atoms with van der Waals surface area (Å²) in [5.74, 6) is 0. The van der Waals surface area contributed by atoms with Gasteiger partial charge in [0.1, 0.15) is 0 Å². The van der Waals surface area contributed by atoms with E-state index in [0.717, 1.165) is 6.42 Å². The lowest BCUT2D eigenvalue weighted by Crippen LogP contribution is -2.44. The van der Waals surface area contributed by atoms with Crippen molar-refractivity contribution < 1.29 is 20.1 Å². The van der Waals surface area contributed by atoms with Crippen molar-refractivity contribution >= 4 is 0 Å². The summed E-state index contributed by atoms with van der Waals surface area (Å²) in [6, 6.07) is 0. The highest BCUT2D eigenvalue weighted by atomic mass is 16.5. The lowest BCUT2D eigenvalue weighted by atomic mass is 9.88. The molecular formula is C15H28O4. The minimum Gasteiger partial charge on any atom is -0.390 e. The molecule has 0 aliphatic carbocycles. The first-order valence-corrected chi connectivity index (χ1v) is 6.94. The third kappa shape index (κ3) is 4.28. The van der Waals surface area contributed by atoms with Gasteiger partial charge >= 0.3 is 0 Å². The first kappa shape index (κ1) is 16.6. The smallest absolute Gasteiger partial charge is 0.0918 e. The van der Waals surface area contributed by atoms with Crippen molar-refractivity contribution in [2.45, 2.75) is 82.4 Å². The molecule has 0 radical (unpaired) electrons. The molecule has 0 aromatic carbocycles. The average molecular weight is 272 g/mol. The van der Waals surface area contributed by atoms with Crippen molar-refractivity contribution in [2.75, 3.05) is 0 Å². The van der Waals surface area contributed by atoms with Crippen LogP contribution in [-0.2, 0) is 4.74 Å². The normalized spacial score (nSPS) is 32.9. The van der Waals surface area contributed by atoms with Crippen LogP contribution in [0.5, 0.6) is 0 Å². The van der Waals surface area contributed by atoms with E-state index >= 15 is 0 Å². The fourth-order valence-electron chi connectivity index (χ4n) is 2.44. The zero-order valence-electron chi connectivity index (χ0n) is 12.5. The van der Waals surface area contributed by atoms with E-state index in [1.165, 1.54) is 6.08 Å². The molecule has 1 aliphatic rings. The third-order valence-corrected chi connectivity index (χ3v) is 4.17. The standard InChI is InChI=1S/C15H28O4/c1-6-14(4,18)9-7-11(16)15(5)10-8-12(19-15)13(2,3)17/h6,11-12,16-18H,1,7-10H2,2-5H3/t11-,12-,14-,15+/m1/s1. The molecule has 0 bridgehead atoms. The van der Waals surface area contributed by atoms with Crippen LogP contribution >= 0.6 is 0 Å². The first-order valence-electron chi connectivity index (χ1n) is 6.94. The molecule has 1 aliphatic heterocycles. The average Bonchev–Trinajstić information content (AvgIpc) is 2.70. The molecular weight excluding hydrogens is 244 g/mol. The molecule has 19 heavy (non-hydrogen) atoms. The highest BCUT2D eigenvalue weighted by Crippen LogP contribution is 2.38. The number of hydrogen-bond acceptors (Lipinski definition) is 4. The Morgan fingerprint density at radius 1 is 1.42 bits per heavy atom. The molecule has 0 saturated carbocycles. The second kappa shape index (κ2) is 5.52. The Balaban J connectivity index is 2.58. The van der Waals surface area contributed by atoms with E-state index in [9.17, 15) is 15.3 Å². The van der Waals surface area contributed by atoms with Gasteiger partial charge in [-0.25, -0.2) is 0 Å². The highest BCUT2D eigenvalue weighted by molar-refractivity contribution is 4.98. The fourth-order valence-corrected chi connectivity index (χ4v) is 2.44. The quantitative estimate of drug-likeness (QED) is 0.645. The van der Waals surface area contributed by atoms with Crippen LogP contribution in [0, 0.1) is 0 Å². The molecule has 1 rings (SSSR count). The lowest BCUT2D eigenvalue weighted by Gasteiger charge is -2.34. The highest BCUT2D eigenvalue weighted by Gasteiger charge is 2.46. The third-order valence-electron chi connectivity index (χ3n) is 4.17. The molecule has 3 N–H and O–H groups in total. The van der Waals surface area contributed by atoms with E-state index in [-0.39, 0.29) is 6.10 Å². The van der Waals surface area contributed by atoms with Crippen LogP contribution in [0.25, 0.3) is 0 Å². The van der Waals surface area contributed by atoms with Crippen LogP contribution in [0.15, 0.2) is 12.7 Å². The summed E-state index contributed by atoms with van der Waals surface area (Å²) >= 11 is 0. The second-order valence-corrected chi connectivity index (χ2v) is 6.73. The Bertz CT molecular complexity index is 319. The molecule has 0 unspecified atom stereocenters. The maximum atomic E-state index is 10.3. The van der Waals surface area contributed by atoms with Crippen molar-refractivity contribution in [1.82, 2.24) is 0 Å². The molecule has 1 saturated heterocycles. The molecule has 0 aromatic rings. The van der Waals surface area contributed by atoms with Gasteiger partial charge in [0.25, 0.3) is 0 Å². The van der Waals surface area contributed by atoms with Gasteiger partial charge in [0.2, 0.25) is 0 Å². The van der Waals surface area contributed by atoms with Gasteiger partial charge in [-0.05, 0) is 53.4 Å². The van der Waals surface area contributed by atoms with Gasteiger partial charge in [0.05, 0.1) is 29.0 Å². The molecule has 1 fully saturated rings. The van der Waals surface area contributed by atoms with Crippen LogP contribution in [0.3, 0.4) is 0 Å². The van der Waals surface area contributed by atoms with Gasteiger partial charge in [0, 0.05) is 0 Å². The van der Waals surface area contributed by atoms with Crippen LogP contribution in [0.1, 0.15) is 53.4 Å². The van der Waals surface area contributed by atoms with Gasteiger partial charge in [0.15, 0.2) is 0 Å². The van der Waals surface area contributed by atoms with Gasteiger partial charge in [-0.1, -0.05) is 6.08 Å². The van der Waals surface area contributed by atoms with Gasteiger partial charge < -0.3 is 20.1 Å². The summed E-state index contributed by atoms with van der Waals surface area (Å²) in [6.45, 7) is 10.6. The molecule has 0 spiro atoms. The summed E-state index contributed by atoms with van der Waals surface area (Å²) in [6.07, 6.45) is 2.88. The topological polar surface area (TPSA) is 69.9 Å². The van der Waals surface area contributed by atoms with E-state index < -0.39 is 22.9 Å². The Kier molecular flexibility index (Phi) is 4.84. The zero-order valence-corrected chi connectivity index (χ0v) is 12.5. The molecule has 4 nitrogen and oxygen atoms in total. The molecule has 0 aromatic heterocycles. The molecule has 112 valence electrons. The molecule has 1 heterocycles.